The van der Waals surface area contributed by atoms with E-state index in [9.17, 15) is 19.4 Å². The number of nitrogens with one attached hydrogen (secondary N) is 1. The van der Waals surface area contributed by atoms with Gasteiger partial charge in [-0.3, -0.25) is 9.36 Å². The normalized spacial score (nSPS) is 14.3. The molecule has 0 heterocycles. The van der Waals surface area contributed by atoms with Crippen LogP contribution in [0.5, 0.6) is 0 Å². The molecule has 2 N–H and O–H groups in total. The highest BCUT2D eigenvalue weighted by Crippen LogP contribution is 2.38. The minimum Gasteiger partial charge on any atom is -0.756 e. The molecule has 0 aromatic carbocycles. The maximum Gasteiger partial charge on any atom is 0.268 e. The third kappa shape index (κ3) is 41.0. The molecule has 0 rings (SSSR count). The van der Waals surface area contributed by atoms with Crippen LogP contribution in [-0.4, -0.2) is 68.5 Å². The Balaban J connectivity index is 3.50. The van der Waals surface area contributed by atoms with Crippen LogP contribution < -0.4 is 10.2 Å². The summed E-state index contributed by atoms with van der Waals surface area (Å²) in [6.07, 6.45) is 43.6. The molecule has 0 aromatic rings. The number of hydrogen-bond donors (Lipinski definition) is 2. The van der Waals surface area contributed by atoms with Crippen LogP contribution in [0.25, 0.3) is 0 Å². The van der Waals surface area contributed by atoms with Gasteiger partial charge in [-0.15, -0.1) is 0 Å². The van der Waals surface area contributed by atoms with Crippen LogP contribution in [0.4, 0.5) is 0 Å². The molecule has 0 aliphatic carbocycles. The van der Waals surface area contributed by atoms with Crippen molar-refractivity contribution in [3.63, 3.8) is 0 Å². The first-order valence-electron chi connectivity index (χ1n) is 22.8. The van der Waals surface area contributed by atoms with Crippen LogP contribution >= 0.6 is 7.82 Å². The van der Waals surface area contributed by atoms with E-state index < -0.39 is 20.0 Å². The lowest BCUT2D eigenvalue weighted by atomic mass is 10.0. The molecule has 0 bridgehead atoms. The van der Waals surface area contributed by atoms with E-state index in [0.29, 0.717) is 17.4 Å². The van der Waals surface area contributed by atoms with Gasteiger partial charge in [0.1, 0.15) is 13.2 Å². The van der Waals surface area contributed by atoms with Gasteiger partial charge < -0.3 is 28.8 Å². The van der Waals surface area contributed by atoms with Crippen LogP contribution in [0.1, 0.15) is 226 Å². The Labute approximate surface area is 329 Å². The summed E-state index contributed by atoms with van der Waals surface area (Å²) >= 11 is 0. The number of aliphatic hydroxyl groups excluding tert-OH is 1. The number of phosphoric acid groups is 1. The van der Waals surface area contributed by atoms with E-state index in [1.54, 1.807) is 0 Å². The van der Waals surface area contributed by atoms with Crippen molar-refractivity contribution < 1.29 is 32.9 Å². The van der Waals surface area contributed by atoms with Crippen LogP contribution in [0.3, 0.4) is 0 Å². The molecule has 0 aliphatic heterocycles. The molecule has 0 fully saturated rings. The summed E-state index contributed by atoms with van der Waals surface area (Å²) in [6.45, 7) is 3.82. The van der Waals surface area contributed by atoms with Crippen molar-refractivity contribution >= 4 is 13.7 Å². The predicted octanol–water partition coefficient (Wildman–Crippen LogP) is 12.0. The van der Waals surface area contributed by atoms with Gasteiger partial charge in [0.2, 0.25) is 5.91 Å². The van der Waals surface area contributed by atoms with Crippen molar-refractivity contribution in [3.05, 3.63) is 0 Å². The molecule has 53 heavy (non-hydrogen) atoms. The van der Waals surface area contributed by atoms with E-state index >= 15 is 0 Å². The number of hydrogen-bond acceptors (Lipinski definition) is 6. The fourth-order valence-corrected chi connectivity index (χ4v) is 7.80. The fourth-order valence-electron chi connectivity index (χ4n) is 7.08. The summed E-state index contributed by atoms with van der Waals surface area (Å²) in [5.74, 6) is -0.338. The van der Waals surface area contributed by atoms with E-state index in [1.165, 1.54) is 193 Å². The second-order valence-electron chi connectivity index (χ2n) is 17.2. The Kier molecular flexibility index (Phi) is 36.7. The van der Waals surface area contributed by atoms with E-state index in [-0.39, 0.29) is 19.1 Å². The lowest BCUT2D eigenvalue weighted by Gasteiger charge is -2.29. The first-order chi connectivity index (χ1) is 25.5. The number of phosphoric ester groups is 1. The predicted molar refractivity (Wildman–Crippen MR) is 224 cm³/mol. The highest BCUT2D eigenvalue weighted by molar-refractivity contribution is 7.45. The zero-order chi connectivity index (χ0) is 39.3. The molecule has 0 aliphatic rings. The standard InChI is InChI=1S/C44H91N2O6P/c1-6-7-8-9-10-11-12-13-14-15-16-17-18-19-20-21-22-23-24-25-26-27-28-29-30-31-32-33-34-35-36-37-38-44(48)43(45-42(2)47)41-52-53(49,50)51-40-39-46(3,4)5/h43-44,48H,6-41H2,1-5H3,(H-,45,47,49,50). The first-order valence-corrected chi connectivity index (χ1v) is 24.3. The van der Waals surface area contributed by atoms with Gasteiger partial charge in [0.15, 0.2) is 0 Å². The second-order valence-corrected chi connectivity index (χ2v) is 18.6. The van der Waals surface area contributed by atoms with Gasteiger partial charge in [-0.25, -0.2) is 0 Å². The van der Waals surface area contributed by atoms with Crippen LogP contribution in [-0.2, 0) is 18.4 Å². The van der Waals surface area contributed by atoms with E-state index in [4.69, 9.17) is 9.05 Å². The zero-order valence-electron chi connectivity index (χ0n) is 36.0. The van der Waals surface area contributed by atoms with Gasteiger partial charge in [0, 0.05) is 6.92 Å². The van der Waals surface area contributed by atoms with Crippen molar-refractivity contribution in [2.45, 2.75) is 238 Å². The number of carbonyl (C=O) groups excluding carboxylic acids is 1. The minimum absolute atomic E-state index is 0.0112. The van der Waals surface area contributed by atoms with Crippen LogP contribution in [0.2, 0.25) is 0 Å². The van der Waals surface area contributed by atoms with E-state index in [2.05, 4.69) is 12.2 Å². The van der Waals surface area contributed by atoms with E-state index in [0.717, 1.165) is 19.3 Å². The topological polar surface area (TPSA) is 108 Å². The largest absolute Gasteiger partial charge is 0.756 e. The highest BCUT2D eigenvalue weighted by atomic mass is 31.2. The monoisotopic (exact) mass is 775 g/mol. The molecular weight excluding hydrogens is 683 g/mol. The van der Waals surface area contributed by atoms with E-state index in [1.807, 2.05) is 21.1 Å². The third-order valence-electron chi connectivity index (χ3n) is 10.6. The first kappa shape index (κ1) is 52.5. The Bertz CT molecular complexity index is 839. The number of nitrogens with zero attached hydrogens (tertiary/aromatic N) is 1. The Morgan fingerprint density at radius 3 is 1.17 bits per heavy atom. The molecular formula is C44H91N2O6P. The smallest absolute Gasteiger partial charge is 0.268 e. The highest BCUT2D eigenvalue weighted by Gasteiger charge is 2.23. The van der Waals surface area contributed by atoms with Crippen LogP contribution in [0.15, 0.2) is 0 Å². The Morgan fingerprint density at radius 1 is 0.585 bits per heavy atom. The molecule has 0 radical (unpaired) electrons. The maximum atomic E-state index is 12.1. The molecule has 3 atom stereocenters. The fraction of sp³-hybridized carbons (Fsp3) is 0.977. The summed E-state index contributed by atoms with van der Waals surface area (Å²) in [7, 11) is 1.30. The maximum absolute atomic E-state index is 12.1. The average molecular weight is 775 g/mol. The van der Waals surface area contributed by atoms with Crippen molar-refractivity contribution in [2.24, 2.45) is 0 Å². The Hall–Kier alpha value is -0.500. The van der Waals surface area contributed by atoms with Crippen molar-refractivity contribution in [1.29, 1.82) is 0 Å². The Morgan fingerprint density at radius 2 is 0.887 bits per heavy atom. The summed E-state index contributed by atoms with van der Waals surface area (Å²) < 4.78 is 22.6. The number of amides is 1. The molecule has 0 aromatic heterocycles. The van der Waals surface area contributed by atoms with Crippen molar-refractivity contribution in [1.82, 2.24) is 5.32 Å². The summed E-state index contributed by atoms with van der Waals surface area (Å²) in [5.41, 5.74) is 0. The molecule has 3 unspecified atom stereocenters. The SMILES string of the molecule is CCCCCCCCCCCCCCCCCCCCCCCCCCCCCCCCCCC(O)C(COP(=O)([O-])OCC[N+](C)(C)C)NC(C)=O. The molecule has 318 valence electrons. The quantitative estimate of drug-likeness (QED) is 0.0363. The molecule has 9 heteroatoms. The molecule has 0 spiro atoms. The van der Waals surface area contributed by atoms with Gasteiger partial charge in [-0.2, -0.15) is 0 Å². The number of rotatable bonds is 42. The molecule has 0 saturated carbocycles. The lowest BCUT2D eigenvalue weighted by Crippen LogP contribution is -2.45. The average Bonchev–Trinajstić information content (AvgIpc) is 3.09. The van der Waals surface area contributed by atoms with Crippen LogP contribution in [0, 0.1) is 0 Å². The van der Waals surface area contributed by atoms with Crippen molar-refractivity contribution in [2.75, 3.05) is 40.9 Å². The zero-order valence-corrected chi connectivity index (χ0v) is 36.9. The summed E-state index contributed by atoms with van der Waals surface area (Å²) in [4.78, 5) is 23.7. The third-order valence-corrected chi connectivity index (χ3v) is 11.6. The molecule has 1 amide bonds. The summed E-state index contributed by atoms with van der Waals surface area (Å²) in [6, 6.07) is -0.796. The number of carbonyl (C=O) groups is 1. The number of aliphatic hydroxyl groups is 1. The van der Waals surface area contributed by atoms with Gasteiger partial charge in [0.05, 0.1) is 39.9 Å². The second kappa shape index (κ2) is 37.1. The van der Waals surface area contributed by atoms with Crippen molar-refractivity contribution in [3.8, 4) is 0 Å². The number of likely N-dealkylation sites (N-methyl/N-ethyl adjacent to an activating group) is 1. The minimum atomic E-state index is -4.51. The summed E-state index contributed by atoms with van der Waals surface area (Å²) in [5, 5.41) is 13.2. The van der Waals surface area contributed by atoms with Gasteiger partial charge in [-0.05, 0) is 6.42 Å². The lowest BCUT2D eigenvalue weighted by molar-refractivity contribution is -0.870. The molecule has 8 nitrogen and oxygen atoms in total. The molecule has 0 saturated heterocycles. The van der Waals surface area contributed by atoms with Gasteiger partial charge in [-0.1, -0.05) is 212 Å². The number of unbranched alkanes of at least 4 members (excludes halogenated alkanes) is 31. The van der Waals surface area contributed by atoms with Gasteiger partial charge in [0.25, 0.3) is 7.82 Å². The van der Waals surface area contributed by atoms with Gasteiger partial charge >= 0.3 is 0 Å². The number of quaternary nitrogens is 1.